The van der Waals surface area contributed by atoms with Gasteiger partial charge in [-0.1, -0.05) is 0 Å². The van der Waals surface area contributed by atoms with E-state index in [1.807, 2.05) is 0 Å². The van der Waals surface area contributed by atoms with Gasteiger partial charge in [-0.15, -0.1) is 13.2 Å². The summed E-state index contributed by atoms with van der Waals surface area (Å²) in [4.78, 5) is 11.4. The number of alkyl halides is 3. The zero-order valence-corrected chi connectivity index (χ0v) is 11.0. The minimum Gasteiger partial charge on any atom is -0.466 e. The molecular formula is C13H12F3NO4. The van der Waals surface area contributed by atoms with Crippen LogP contribution in [0.5, 0.6) is 5.75 Å². The molecule has 114 valence electrons. The van der Waals surface area contributed by atoms with Crippen molar-refractivity contribution in [3.63, 3.8) is 0 Å². The first kappa shape index (κ1) is 16.8. The van der Waals surface area contributed by atoms with Crippen LogP contribution in [0, 0.1) is 11.3 Å². The van der Waals surface area contributed by atoms with Gasteiger partial charge in [0.15, 0.2) is 0 Å². The van der Waals surface area contributed by atoms with Gasteiger partial charge in [-0.2, -0.15) is 5.26 Å². The van der Waals surface area contributed by atoms with E-state index in [0.717, 1.165) is 12.1 Å². The number of halogens is 3. The van der Waals surface area contributed by atoms with Gasteiger partial charge in [0.25, 0.3) is 0 Å². The maximum Gasteiger partial charge on any atom is 0.573 e. The number of rotatable bonds is 5. The number of hydrogen-bond donors (Lipinski definition) is 1. The number of hydrogen-bond acceptors (Lipinski definition) is 5. The summed E-state index contributed by atoms with van der Waals surface area (Å²) >= 11 is 0. The van der Waals surface area contributed by atoms with E-state index in [4.69, 9.17) is 10.4 Å². The first-order valence-corrected chi connectivity index (χ1v) is 5.88. The van der Waals surface area contributed by atoms with Gasteiger partial charge in [0, 0.05) is 11.1 Å². The lowest BCUT2D eigenvalue weighted by Crippen LogP contribution is -2.20. The Kier molecular flexibility index (Phi) is 5.55. The lowest BCUT2D eigenvalue weighted by molar-refractivity contribution is -0.275. The third-order valence-corrected chi connectivity index (χ3v) is 2.40. The van der Waals surface area contributed by atoms with Crippen molar-refractivity contribution in [2.75, 3.05) is 6.61 Å². The van der Waals surface area contributed by atoms with E-state index >= 15 is 0 Å². The lowest BCUT2D eigenvalue weighted by atomic mass is 10.0. The van der Waals surface area contributed by atoms with Crippen LogP contribution in [-0.4, -0.2) is 24.0 Å². The summed E-state index contributed by atoms with van der Waals surface area (Å²) in [5, 5.41) is 18.0. The molecule has 1 aromatic rings. The summed E-state index contributed by atoms with van der Waals surface area (Å²) < 4.78 is 45.8. The molecule has 0 saturated carbocycles. The molecule has 0 aliphatic heterocycles. The first-order valence-electron chi connectivity index (χ1n) is 5.88. The smallest absolute Gasteiger partial charge is 0.466 e. The fraction of sp³-hybridized carbons (Fsp3) is 0.385. The number of aliphatic hydroxyl groups is 1. The molecule has 21 heavy (non-hydrogen) atoms. The Labute approximate surface area is 118 Å². The standard InChI is InChI=1S/C13H12F3NO4/c1-2-20-11(19)5-9-3-8(6-17)4-10(7-18)12(9)21-13(14,15)16/h3-4,18H,2,5,7H2,1H3. The first-order chi connectivity index (χ1) is 9.80. The number of ether oxygens (including phenoxy) is 2. The average molecular weight is 303 g/mol. The highest BCUT2D eigenvalue weighted by molar-refractivity contribution is 5.74. The highest BCUT2D eigenvalue weighted by Crippen LogP contribution is 2.32. The van der Waals surface area contributed by atoms with Crippen LogP contribution in [0.15, 0.2) is 12.1 Å². The molecule has 1 rings (SSSR count). The summed E-state index contributed by atoms with van der Waals surface area (Å²) in [5.41, 5.74) is -0.396. The van der Waals surface area contributed by atoms with E-state index in [9.17, 15) is 18.0 Å². The average Bonchev–Trinajstić information content (AvgIpc) is 2.39. The maximum absolute atomic E-state index is 12.4. The number of nitrogens with zero attached hydrogens (tertiary/aromatic N) is 1. The van der Waals surface area contributed by atoms with Gasteiger partial charge in [-0.05, 0) is 19.1 Å². The third-order valence-electron chi connectivity index (χ3n) is 2.40. The van der Waals surface area contributed by atoms with Crippen molar-refractivity contribution in [3.05, 3.63) is 28.8 Å². The molecule has 0 bridgehead atoms. The van der Waals surface area contributed by atoms with Crippen LogP contribution < -0.4 is 4.74 Å². The Morgan fingerprint density at radius 1 is 1.38 bits per heavy atom. The number of carbonyl (C=O) groups is 1. The van der Waals surface area contributed by atoms with E-state index < -0.39 is 31.1 Å². The second-order valence-electron chi connectivity index (χ2n) is 3.92. The Morgan fingerprint density at radius 2 is 2.00 bits per heavy atom. The summed E-state index contributed by atoms with van der Waals surface area (Å²) in [7, 11) is 0. The SMILES string of the molecule is CCOC(=O)Cc1cc(C#N)cc(CO)c1OC(F)(F)F. The van der Waals surface area contributed by atoms with Crippen molar-refractivity contribution in [2.45, 2.75) is 26.3 Å². The van der Waals surface area contributed by atoms with Crippen LogP contribution in [0.2, 0.25) is 0 Å². The van der Waals surface area contributed by atoms with Gasteiger partial charge in [0.05, 0.1) is 31.3 Å². The number of benzene rings is 1. The second-order valence-corrected chi connectivity index (χ2v) is 3.92. The molecule has 0 saturated heterocycles. The zero-order chi connectivity index (χ0) is 16.0. The predicted molar refractivity (Wildman–Crippen MR) is 64.1 cm³/mol. The van der Waals surface area contributed by atoms with Crippen molar-refractivity contribution in [1.82, 2.24) is 0 Å². The van der Waals surface area contributed by atoms with Crippen LogP contribution >= 0.6 is 0 Å². The predicted octanol–water partition coefficient (Wildman–Crippen LogP) is 2.05. The topological polar surface area (TPSA) is 79.6 Å². The monoisotopic (exact) mass is 303 g/mol. The van der Waals surface area contributed by atoms with Gasteiger partial charge < -0.3 is 14.6 Å². The Balaban J connectivity index is 3.28. The Bertz CT molecular complexity index is 564. The molecule has 0 unspecified atom stereocenters. The molecule has 0 aliphatic carbocycles. The second kappa shape index (κ2) is 6.95. The van der Waals surface area contributed by atoms with Crippen molar-refractivity contribution >= 4 is 5.97 Å². The minimum absolute atomic E-state index is 0.00729. The summed E-state index contributed by atoms with van der Waals surface area (Å²) in [6, 6.07) is 3.90. The van der Waals surface area contributed by atoms with E-state index in [2.05, 4.69) is 9.47 Å². The molecule has 0 aromatic heterocycles. The number of nitriles is 1. The minimum atomic E-state index is -4.98. The van der Waals surface area contributed by atoms with E-state index in [0.29, 0.717) is 0 Å². The summed E-state index contributed by atoms with van der Waals surface area (Å²) in [5.74, 6) is -1.44. The molecule has 0 heterocycles. The highest BCUT2D eigenvalue weighted by Gasteiger charge is 2.33. The molecule has 0 atom stereocenters. The Morgan fingerprint density at radius 3 is 2.48 bits per heavy atom. The van der Waals surface area contributed by atoms with E-state index in [1.54, 1.807) is 13.0 Å². The molecule has 0 fully saturated rings. The van der Waals surface area contributed by atoms with Crippen LogP contribution in [-0.2, 0) is 22.6 Å². The van der Waals surface area contributed by atoms with Crippen molar-refractivity contribution in [1.29, 1.82) is 5.26 Å². The fourth-order valence-electron chi connectivity index (χ4n) is 1.68. The molecule has 5 nitrogen and oxygen atoms in total. The van der Waals surface area contributed by atoms with Crippen LogP contribution in [0.1, 0.15) is 23.6 Å². The van der Waals surface area contributed by atoms with Crippen molar-refractivity contribution < 1.29 is 32.5 Å². The van der Waals surface area contributed by atoms with Gasteiger partial charge >= 0.3 is 12.3 Å². The Hall–Kier alpha value is -2.27. The van der Waals surface area contributed by atoms with E-state index in [1.165, 1.54) is 0 Å². The molecule has 8 heteroatoms. The quantitative estimate of drug-likeness (QED) is 0.842. The molecule has 0 aliphatic rings. The van der Waals surface area contributed by atoms with Crippen molar-refractivity contribution in [3.8, 4) is 11.8 Å². The third kappa shape index (κ3) is 4.96. The van der Waals surface area contributed by atoms with Crippen molar-refractivity contribution in [2.24, 2.45) is 0 Å². The molecule has 1 aromatic carbocycles. The van der Waals surface area contributed by atoms with Gasteiger partial charge in [0.1, 0.15) is 5.75 Å². The summed E-state index contributed by atoms with van der Waals surface area (Å²) in [6.07, 6.45) is -5.48. The number of esters is 1. The van der Waals surface area contributed by atoms with Gasteiger partial charge in [0.2, 0.25) is 0 Å². The summed E-state index contributed by atoms with van der Waals surface area (Å²) in [6.45, 7) is 0.853. The van der Waals surface area contributed by atoms with E-state index in [-0.39, 0.29) is 23.3 Å². The largest absolute Gasteiger partial charge is 0.573 e. The van der Waals surface area contributed by atoms with Crippen LogP contribution in [0.25, 0.3) is 0 Å². The normalized spacial score (nSPS) is 10.9. The highest BCUT2D eigenvalue weighted by atomic mass is 19.4. The molecule has 0 amide bonds. The fourth-order valence-corrected chi connectivity index (χ4v) is 1.68. The lowest BCUT2D eigenvalue weighted by Gasteiger charge is -2.16. The molecule has 0 spiro atoms. The molecule has 0 radical (unpaired) electrons. The van der Waals surface area contributed by atoms with Gasteiger partial charge in [-0.3, -0.25) is 4.79 Å². The van der Waals surface area contributed by atoms with Crippen LogP contribution in [0.4, 0.5) is 13.2 Å². The van der Waals surface area contributed by atoms with Crippen LogP contribution in [0.3, 0.4) is 0 Å². The van der Waals surface area contributed by atoms with Gasteiger partial charge in [-0.25, -0.2) is 0 Å². The number of aliphatic hydroxyl groups excluding tert-OH is 1. The molecule has 1 N–H and O–H groups in total. The zero-order valence-electron chi connectivity index (χ0n) is 11.0. The maximum atomic E-state index is 12.4. The molecular weight excluding hydrogens is 291 g/mol. The number of carbonyl (C=O) groups excluding carboxylic acids is 1.